The molecule has 0 radical (unpaired) electrons. The van der Waals surface area contributed by atoms with Gasteiger partial charge >= 0.3 is 0 Å². The zero-order valence-corrected chi connectivity index (χ0v) is 18.6. The van der Waals surface area contributed by atoms with E-state index in [0.29, 0.717) is 6.54 Å². The number of rotatable bonds is 7. The smallest absolute Gasteiger partial charge is 0.238 e. The highest BCUT2D eigenvalue weighted by molar-refractivity contribution is 5.92. The summed E-state index contributed by atoms with van der Waals surface area (Å²) in [4.78, 5) is 14.3. The molecule has 1 aliphatic heterocycles. The van der Waals surface area contributed by atoms with Gasteiger partial charge in [-0.1, -0.05) is 18.2 Å². The number of likely N-dealkylation sites (N-methyl/N-ethyl adjacent to an activating group) is 1. The van der Waals surface area contributed by atoms with Gasteiger partial charge in [0.15, 0.2) is 11.5 Å². The van der Waals surface area contributed by atoms with Crippen molar-refractivity contribution in [1.82, 2.24) is 10.2 Å². The summed E-state index contributed by atoms with van der Waals surface area (Å²) in [6, 6.07) is 12.1. The maximum absolute atomic E-state index is 11.9. The van der Waals surface area contributed by atoms with Crippen molar-refractivity contribution in [3.8, 4) is 11.5 Å². The fraction of sp³-hybridized carbons (Fsp3) is 0.381. The lowest BCUT2D eigenvalue weighted by Gasteiger charge is -2.30. The summed E-state index contributed by atoms with van der Waals surface area (Å²) in [6.07, 6.45) is 0.962. The molecule has 3 rings (SSSR count). The summed E-state index contributed by atoms with van der Waals surface area (Å²) in [5.41, 5.74) is 4.55. The minimum Gasteiger partial charge on any atom is -0.493 e. The van der Waals surface area contributed by atoms with E-state index >= 15 is 0 Å². The van der Waals surface area contributed by atoms with Gasteiger partial charge in [0.05, 0.1) is 20.8 Å². The molecule has 0 unspecified atom stereocenters. The summed E-state index contributed by atoms with van der Waals surface area (Å²) in [5, 5.41) is 5.86. The van der Waals surface area contributed by atoms with Crippen LogP contribution in [0.2, 0.25) is 0 Å². The lowest BCUT2D eigenvalue weighted by molar-refractivity contribution is -0.115. The molecule has 0 aliphatic carbocycles. The monoisotopic (exact) mass is 441 g/mol. The summed E-state index contributed by atoms with van der Waals surface area (Å²) in [5.74, 6) is 1.51. The number of halogens is 2. The first-order valence-corrected chi connectivity index (χ1v) is 9.13. The van der Waals surface area contributed by atoms with E-state index < -0.39 is 0 Å². The highest BCUT2D eigenvalue weighted by Gasteiger charge is 2.20. The predicted octanol–water partition coefficient (Wildman–Crippen LogP) is 3.26. The highest BCUT2D eigenvalue weighted by atomic mass is 35.5. The molecule has 0 fully saturated rings. The number of nitrogens with zero attached hydrogens (tertiary/aromatic N) is 1. The van der Waals surface area contributed by atoms with E-state index in [4.69, 9.17) is 9.47 Å². The van der Waals surface area contributed by atoms with Crippen molar-refractivity contribution in [2.45, 2.75) is 19.5 Å². The van der Waals surface area contributed by atoms with Gasteiger partial charge in [-0.2, -0.15) is 0 Å². The van der Waals surface area contributed by atoms with Crippen molar-refractivity contribution >= 4 is 36.4 Å². The average molecular weight is 442 g/mol. The van der Waals surface area contributed by atoms with Crippen LogP contribution in [0.15, 0.2) is 36.4 Å². The summed E-state index contributed by atoms with van der Waals surface area (Å²) in [6.45, 7) is 2.88. The maximum atomic E-state index is 11.9. The number of para-hydroxylation sites is 1. The molecule has 0 spiro atoms. The molecule has 0 bridgehead atoms. The topological polar surface area (TPSA) is 62.8 Å². The number of amides is 1. The van der Waals surface area contributed by atoms with Gasteiger partial charge in [0.1, 0.15) is 0 Å². The van der Waals surface area contributed by atoms with Gasteiger partial charge < -0.3 is 20.1 Å². The fourth-order valence-electron chi connectivity index (χ4n) is 3.45. The van der Waals surface area contributed by atoms with Crippen molar-refractivity contribution in [2.24, 2.45) is 0 Å². The van der Waals surface area contributed by atoms with Crippen LogP contribution in [-0.4, -0.2) is 45.2 Å². The number of methoxy groups -OCH3 is 2. The van der Waals surface area contributed by atoms with Crippen molar-refractivity contribution < 1.29 is 14.3 Å². The predicted molar refractivity (Wildman–Crippen MR) is 121 cm³/mol. The number of nitrogens with one attached hydrogen (secondary N) is 2. The zero-order chi connectivity index (χ0) is 19.2. The van der Waals surface area contributed by atoms with Crippen LogP contribution in [0.1, 0.15) is 16.7 Å². The van der Waals surface area contributed by atoms with Gasteiger partial charge in [-0.15, -0.1) is 24.8 Å². The Morgan fingerprint density at radius 1 is 1.07 bits per heavy atom. The average Bonchev–Trinajstić information content (AvgIpc) is 2.68. The molecular formula is C21H29Cl2N3O3. The molecule has 8 heteroatoms. The molecule has 160 valence electrons. The van der Waals surface area contributed by atoms with Crippen molar-refractivity contribution in [3.05, 3.63) is 53.1 Å². The molecule has 1 heterocycles. The molecule has 1 aliphatic rings. The minimum absolute atomic E-state index is 0. The molecule has 0 saturated carbocycles. The number of carbonyl (C=O) groups is 1. The Balaban J connectivity index is 0.00000210. The van der Waals surface area contributed by atoms with E-state index in [2.05, 4.69) is 33.7 Å². The normalized spacial score (nSPS) is 12.8. The third kappa shape index (κ3) is 6.24. The highest BCUT2D eigenvalue weighted by Crippen LogP contribution is 2.33. The second-order valence-corrected chi connectivity index (χ2v) is 6.67. The van der Waals surface area contributed by atoms with Crippen molar-refractivity contribution in [3.63, 3.8) is 0 Å². The first-order chi connectivity index (χ1) is 13.1. The number of hydrogen-bond acceptors (Lipinski definition) is 5. The maximum Gasteiger partial charge on any atom is 0.238 e. The molecule has 0 aromatic heterocycles. The number of hydrogen-bond donors (Lipinski definition) is 2. The molecule has 1 amide bonds. The molecular weight excluding hydrogens is 413 g/mol. The number of ether oxygens (including phenoxy) is 2. The van der Waals surface area contributed by atoms with E-state index in [1.54, 1.807) is 21.3 Å². The van der Waals surface area contributed by atoms with Crippen LogP contribution >= 0.6 is 24.8 Å². The number of fused-ring (bicyclic) bond motifs is 1. The van der Waals surface area contributed by atoms with E-state index in [0.717, 1.165) is 48.8 Å². The quantitative estimate of drug-likeness (QED) is 0.690. The molecule has 0 atom stereocenters. The largest absolute Gasteiger partial charge is 0.493 e. The second-order valence-electron chi connectivity index (χ2n) is 6.67. The third-order valence-electron chi connectivity index (χ3n) is 4.82. The lowest BCUT2D eigenvalue weighted by atomic mass is 9.98. The number of benzene rings is 2. The van der Waals surface area contributed by atoms with Crippen LogP contribution in [0.5, 0.6) is 11.5 Å². The summed E-state index contributed by atoms with van der Waals surface area (Å²) >= 11 is 0. The van der Waals surface area contributed by atoms with Crippen molar-refractivity contribution in [2.75, 3.05) is 39.7 Å². The number of carbonyl (C=O) groups excluding carboxylic acids is 1. The van der Waals surface area contributed by atoms with Crippen LogP contribution in [0.4, 0.5) is 5.69 Å². The minimum atomic E-state index is -0.0363. The second kappa shape index (κ2) is 11.9. The molecule has 2 N–H and O–H groups in total. The Hall–Kier alpha value is -1.99. The lowest BCUT2D eigenvalue weighted by Crippen LogP contribution is -2.31. The first-order valence-electron chi connectivity index (χ1n) is 9.13. The molecule has 2 aromatic rings. The Kier molecular flexibility index (Phi) is 10.3. The Morgan fingerprint density at radius 3 is 2.38 bits per heavy atom. The fourth-order valence-corrected chi connectivity index (χ4v) is 3.45. The zero-order valence-electron chi connectivity index (χ0n) is 17.0. The number of anilines is 1. The third-order valence-corrected chi connectivity index (χ3v) is 4.82. The van der Waals surface area contributed by atoms with Gasteiger partial charge in [-0.25, -0.2) is 0 Å². The van der Waals surface area contributed by atoms with E-state index in [1.807, 2.05) is 18.2 Å². The molecule has 2 aromatic carbocycles. The summed E-state index contributed by atoms with van der Waals surface area (Å²) in [7, 11) is 5.09. The molecule has 29 heavy (non-hydrogen) atoms. The Bertz CT molecular complexity index is 818. The van der Waals surface area contributed by atoms with Gasteiger partial charge in [-0.05, 0) is 48.4 Å². The molecule has 6 nitrogen and oxygen atoms in total. The van der Waals surface area contributed by atoms with Gasteiger partial charge in [0, 0.05) is 25.3 Å². The van der Waals surface area contributed by atoms with Crippen LogP contribution in [0.25, 0.3) is 0 Å². The molecule has 0 saturated heterocycles. The Labute approximate surface area is 184 Å². The van der Waals surface area contributed by atoms with Gasteiger partial charge in [-0.3, -0.25) is 9.69 Å². The van der Waals surface area contributed by atoms with Crippen LogP contribution in [-0.2, 0) is 24.3 Å². The van der Waals surface area contributed by atoms with Crippen molar-refractivity contribution in [1.29, 1.82) is 0 Å². The SMILES string of the molecule is CNCC(=O)Nc1ccccc1CN1CCc2cc(OC)c(OC)cc2C1.Cl.Cl. The standard InChI is InChI=1S/C21H27N3O3.2ClH/c1-22-12-21(25)23-18-7-5-4-6-16(18)13-24-9-8-15-10-19(26-2)20(27-3)11-17(15)14-24;;/h4-7,10-11,22H,8-9,12-14H2,1-3H3,(H,23,25);2*1H. The van der Waals surface area contributed by atoms with E-state index in [9.17, 15) is 4.79 Å². The van der Waals surface area contributed by atoms with Gasteiger partial charge in [0.25, 0.3) is 0 Å². The van der Waals surface area contributed by atoms with Crippen LogP contribution in [0.3, 0.4) is 0 Å². The van der Waals surface area contributed by atoms with Crippen LogP contribution in [0, 0.1) is 0 Å². The van der Waals surface area contributed by atoms with Gasteiger partial charge in [0.2, 0.25) is 5.91 Å². The van der Waals surface area contributed by atoms with E-state index in [-0.39, 0.29) is 30.7 Å². The summed E-state index contributed by atoms with van der Waals surface area (Å²) < 4.78 is 10.9. The Morgan fingerprint density at radius 2 is 1.72 bits per heavy atom. The van der Waals surface area contributed by atoms with Crippen LogP contribution < -0.4 is 20.1 Å². The first kappa shape index (κ1) is 25.0. The van der Waals surface area contributed by atoms with E-state index in [1.165, 1.54) is 11.1 Å².